The third-order valence-corrected chi connectivity index (χ3v) is 5.51. The monoisotopic (exact) mass is 295 g/mol. The van der Waals surface area contributed by atoms with Crippen LogP contribution in [0.5, 0.6) is 0 Å². The van der Waals surface area contributed by atoms with Crippen LogP contribution in [0, 0.1) is 5.92 Å². The van der Waals surface area contributed by atoms with E-state index < -0.39 is 0 Å². The van der Waals surface area contributed by atoms with Crippen LogP contribution in [0.15, 0.2) is 17.5 Å². The van der Waals surface area contributed by atoms with Gasteiger partial charge in [-0.05, 0) is 63.8 Å². The van der Waals surface area contributed by atoms with Gasteiger partial charge >= 0.3 is 0 Å². The van der Waals surface area contributed by atoms with Gasteiger partial charge in [-0.2, -0.15) is 0 Å². The fraction of sp³-hybridized carbons (Fsp3) is 0.750. The molecule has 1 aromatic heterocycles. The maximum absolute atomic E-state index is 6.39. The molecule has 1 aliphatic rings. The second-order valence-corrected chi connectivity index (χ2v) is 7.20. The summed E-state index contributed by atoms with van der Waals surface area (Å²) < 4.78 is 0. The van der Waals surface area contributed by atoms with Gasteiger partial charge < -0.3 is 10.6 Å². The first kappa shape index (κ1) is 16.0. The van der Waals surface area contributed by atoms with Crippen LogP contribution in [0.1, 0.15) is 37.1 Å². The predicted octanol–water partition coefficient (Wildman–Crippen LogP) is 2.80. The molecule has 2 heterocycles. The molecule has 4 heteroatoms. The Hall–Kier alpha value is -0.420. The highest BCUT2D eigenvalue weighted by Gasteiger charge is 2.27. The number of thiophene rings is 1. The molecule has 1 saturated heterocycles. The highest BCUT2D eigenvalue weighted by atomic mass is 32.1. The topological polar surface area (TPSA) is 32.5 Å². The number of hydrogen-bond acceptors (Lipinski definition) is 4. The maximum Gasteiger partial charge on any atom is 0.0590 e. The van der Waals surface area contributed by atoms with Gasteiger partial charge in [-0.3, -0.25) is 4.90 Å². The summed E-state index contributed by atoms with van der Waals surface area (Å²) in [4.78, 5) is 6.34. The number of piperidine rings is 1. The van der Waals surface area contributed by atoms with Gasteiger partial charge in [0.2, 0.25) is 0 Å². The fourth-order valence-electron chi connectivity index (χ4n) is 3.20. The number of likely N-dealkylation sites (tertiary alicyclic amines) is 1. The van der Waals surface area contributed by atoms with E-state index >= 15 is 0 Å². The molecular formula is C16H29N3S. The lowest BCUT2D eigenvalue weighted by Crippen LogP contribution is -2.42. The van der Waals surface area contributed by atoms with Gasteiger partial charge in [0.15, 0.2) is 0 Å². The summed E-state index contributed by atoms with van der Waals surface area (Å²) >= 11 is 1.84. The summed E-state index contributed by atoms with van der Waals surface area (Å²) in [5, 5.41) is 2.16. The minimum absolute atomic E-state index is 0.227. The number of nitrogens with zero attached hydrogens (tertiary/aromatic N) is 2. The van der Waals surface area contributed by atoms with E-state index in [4.69, 9.17) is 5.73 Å². The van der Waals surface area contributed by atoms with Crippen LogP contribution in [0.4, 0.5) is 0 Å². The van der Waals surface area contributed by atoms with E-state index in [0.29, 0.717) is 6.04 Å². The van der Waals surface area contributed by atoms with Crippen molar-refractivity contribution in [3.8, 4) is 0 Å². The summed E-state index contributed by atoms with van der Waals surface area (Å²) in [5.41, 5.74) is 6.39. The van der Waals surface area contributed by atoms with Crippen molar-refractivity contribution in [1.82, 2.24) is 9.80 Å². The normalized spacial score (nSPS) is 21.2. The number of nitrogens with two attached hydrogens (primary N) is 1. The quantitative estimate of drug-likeness (QED) is 0.876. The molecule has 0 amide bonds. The van der Waals surface area contributed by atoms with E-state index in [9.17, 15) is 0 Å². The first-order chi connectivity index (χ1) is 9.61. The Bertz CT molecular complexity index is 371. The van der Waals surface area contributed by atoms with Gasteiger partial charge in [0, 0.05) is 17.5 Å². The van der Waals surface area contributed by atoms with E-state index in [0.717, 1.165) is 12.3 Å². The molecule has 3 nitrogen and oxygen atoms in total. The van der Waals surface area contributed by atoms with E-state index in [1.807, 2.05) is 11.3 Å². The highest BCUT2D eigenvalue weighted by Crippen LogP contribution is 2.29. The Labute approximate surface area is 127 Å². The van der Waals surface area contributed by atoms with Crippen LogP contribution in [-0.4, -0.2) is 49.6 Å². The van der Waals surface area contributed by atoms with Gasteiger partial charge in [-0.15, -0.1) is 11.3 Å². The number of hydrogen-bond donors (Lipinski definition) is 1. The zero-order valence-corrected chi connectivity index (χ0v) is 13.9. The molecule has 0 aromatic carbocycles. The van der Waals surface area contributed by atoms with Crippen molar-refractivity contribution < 1.29 is 0 Å². The van der Waals surface area contributed by atoms with Crippen LogP contribution in [0.2, 0.25) is 0 Å². The number of rotatable bonds is 6. The van der Waals surface area contributed by atoms with E-state index in [2.05, 4.69) is 48.3 Å². The average molecular weight is 295 g/mol. The Kier molecular flexibility index (Phi) is 6.02. The van der Waals surface area contributed by atoms with E-state index in [-0.39, 0.29) is 6.04 Å². The average Bonchev–Trinajstić information content (AvgIpc) is 2.95. The lowest BCUT2D eigenvalue weighted by molar-refractivity contribution is 0.138. The first-order valence-electron chi connectivity index (χ1n) is 7.79. The molecule has 2 unspecified atom stereocenters. The fourth-order valence-corrected chi connectivity index (χ4v) is 4.17. The van der Waals surface area contributed by atoms with Crippen LogP contribution in [-0.2, 0) is 0 Å². The first-order valence-corrected chi connectivity index (χ1v) is 8.67. The summed E-state index contributed by atoms with van der Waals surface area (Å²) in [6.07, 6.45) is 3.67. The molecule has 1 fully saturated rings. The van der Waals surface area contributed by atoms with Gasteiger partial charge in [0.05, 0.1) is 6.04 Å². The largest absolute Gasteiger partial charge is 0.326 e. The minimum atomic E-state index is 0.227. The van der Waals surface area contributed by atoms with Crippen molar-refractivity contribution in [2.24, 2.45) is 11.7 Å². The molecule has 0 aliphatic carbocycles. The summed E-state index contributed by atoms with van der Waals surface area (Å²) in [6, 6.07) is 4.97. The standard InChI is InChI=1S/C16H29N3S/c1-4-14(17)16(15-6-5-11-20-15)19(3)12-13-7-9-18(2)10-8-13/h5-6,11,13-14,16H,4,7-10,12,17H2,1-3H3. The Morgan fingerprint density at radius 1 is 1.45 bits per heavy atom. The molecule has 2 atom stereocenters. The van der Waals surface area contributed by atoms with Crippen molar-refractivity contribution in [1.29, 1.82) is 0 Å². The zero-order valence-electron chi connectivity index (χ0n) is 13.1. The van der Waals surface area contributed by atoms with Crippen LogP contribution in [0.3, 0.4) is 0 Å². The zero-order chi connectivity index (χ0) is 14.5. The molecule has 0 radical (unpaired) electrons. The van der Waals surface area contributed by atoms with Crippen LogP contribution in [0.25, 0.3) is 0 Å². The van der Waals surface area contributed by atoms with Gasteiger partial charge in [0.25, 0.3) is 0 Å². The smallest absolute Gasteiger partial charge is 0.0590 e. The molecule has 0 saturated carbocycles. The second kappa shape index (κ2) is 7.55. The molecule has 20 heavy (non-hydrogen) atoms. The summed E-state index contributed by atoms with van der Waals surface area (Å²) in [6.45, 7) is 5.84. The molecule has 1 aromatic rings. The van der Waals surface area contributed by atoms with Crippen LogP contribution < -0.4 is 5.73 Å². The molecule has 114 valence electrons. The predicted molar refractivity (Wildman–Crippen MR) is 88.2 cm³/mol. The Morgan fingerprint density at radius 3 is 2.70 bits per heavy atom. The van der Waals surface area contributed by atoms with Gasteiger partial charge in [0.1, 0.15) is 0 Å². The molecule has 2 rings (SSSR count). The summed E-state index contributed by atoms with van der Waals surface area (Å²) in [5.74, 6) is 0.822. The molecular weight excluding hydrogens is 266 g/mol. The van der Waals surface area contributed by atoms with Crippen molar-refractivity contribution in [3.63, 3.8) is 0 Å². The molecule has 0 bridgehead atoms. The molecule has 0 spiro atoms. The van der Waals surface area contributed by atoms with Crippen LogP contribution >= 0.6 is 11.3 Å². The van der Waals surface area contributed by atoms with Crippen molar-refractivity contribution in [2.75, 3.05) is 33.7 Å². The van der Waals surface area contributed by atoms with E-state index in [1.165, 1.54) is 37.4 Å². The SMILES string of the molecule is CCC(N)C(c1cccs1)N(C)CC1CCN(C)CC1. The lowest BCUT2D eigenvalue weighted by atomic mass is 9.95. The Morgan fingerprint density at radius 2 is 2.15 bits per heavy atom. The lowest BCUT2D eigenvalue weighted by Gasteiger charge is -2.36. The van der Waals surface area contributed by atoms with Gasteiger partial charge in [-0.25, -0.2) is 0 Å². The number of likely N-dealkylation sites (N-methyl/N-ethyl adjacent to an activating group) is 1. The van der Waals surface area contributed by atoms with E-state index in [1.54, 1.807) is 0 Å². The third kappa shape index (κ3) is 4.04. The maximum atomic E-state index is 6.39. The Balaban J connectivity index is 1.98. The molecule has 1 aliphatic heterocycles. The minimum Gasteiger partial charge on any atom is -0.326 e. The molecule has 2 N–H and O–H groups in total. The second-order valence-electron chi connectivity index (χ2n) is 6.22. The third-order valence-electron chi connectivity index (χ3n) is 4.57. The summed E-state index contributed by atoms with van der Waals surface area (Å²) in [7, 11) is 4.47. The van der Waals surface area contributed by atoms with Gasteiger partial charge in [-0.1, -0.05) is 13.0 Å². The van der Waals surface area contributed by atoms with Crippen molar-refractivity contribution >= 4 is 11.3 Å². The highest BCUT2D eigenvalue weighted by molar-refractivity contribution is 7.10. The van der Waals surface area contributed by atoms with Crippen molar-refractivity contribution in [3.05, 3.63) is 22.4 Å². The van der Waals surface area contributed by atoms with Crippen molar-refractivity contribution in [2.45, 2.75) is 38.3 Å².